The van der Waals surface area contributed by atoms with Gasteiger partial charge >= 0.3 is 0 Å². The predicted molar refractivity (Wildman–Crippen MR) is 234 cm³/mol. The minimum Gasteiger partial charge on any atom is -0.497 e. The van der Waals surface area contributed by atoms with Gasteiger partial charge in [0.05, 0.1) is 18.5 Å². The van der Waals surface area contributed by atoms with Crippen LogP contribution in [0, 0.1) is 0 Å². The molecule has 0 N–H and O–H groups in total. The van der Waals surface area contributed by atoms with E-state index in [0.717, 1.165) is 28.3 Å². The summed E-state index contributed by atoms with van der Waals surface area (Å²) >= 11 is 0. The maximum absolute atomic E-state index is 5.70. The van der Waals surface area contributed by atoms with Gasteiger partial charge in [-0.2, -0.15) is 9.97 Å². The molecule has 1 aromatic heterocycles. The van der Waals surface area contributed by atoms with Crippen molar-refractivity contribution in [3.05, 3.63) is 174 Å². The summed E-state index contributed by atoms with van der Waals surface area (Å²) in [5.41, 5.74) is 11.1. The molecule has 0 radical (unpaired) electrons. The molecule has 57 heavy (non-hydrogen) atoms. The second-order valence-corrected chi connectivity index (χ2v) is 16.4. The molecule has 11 rings (SSSR count). The fourth-order valence-electron chi connectivity index (χ4n) is 9.59. The second kappa shape index (κ2) is 12.1. The van der Waals surface area contributed by atoms with Gasteiger partial charge < -0.3 is 4.74 Å². The summed E-state index contributed by atoms with van der Waals surface area (Å²) in [6.45, 7) is 9.45. The van der Waals surface area contributed by atoms with Gasteiger partial charge in [0.1, 0.15) is 5.75 Å². The fraction of sp³-hybridized carbons (Fsp3) is 0.135. The van der Waals surface area contributed by atoms with Crippen LogP contribution in [-0.2, 0) is 10.8 Å². The molecule has 1 aliphatic carbocycles. The number of methoxy groups -OCH3 is 1. The van der Waals surface area contributed by atoms with Crippen LogP contribution < -0.4 is 9.64 Å². The number of benzene rings is 8. The topological polar surface area (TPSA) is 51.1 Å². The smallest absolute Gasteiger partial charge is 0.238 e. The van der Waals surface area contributed by atoms with Crippen molar-refractivity contribution in [3.63, 3.8) is 0 Å². The number of rotatable bonds is 4. The molecule has 0 saturated heterocycles. The minimum absolute atomic E-state index is 0.283. The van der Waals surface area contributed by atoms with Gasteiger partial charge in [0.15, 0.2) is 11.6 Å². The van der Waals surface area contributed by atoms with Crippen molar-refractivity contribution in [2.24, 2.45) is 0 Å². The molecule has 0 amide bonds. The molecule has 5 heteroatoms. The molecule has 5 nitrogen and oxygen atoms in total. The lowest BCUT2D eigenvalue weighted by atomic mass is 9.72. The Morgan fingerprint density at radius 2 is 0.947 bits per heavy atom. The van der Waals surface area contributed by atoms with Gasteiger partial charge in [-0.05, 0) is 108 Å². The van der Waals surface area contributed by atoms with Crippen LogP contribution in [0.15, 0.2) is 152 Å². The highest BCUT2D eigenvalue weighted by molar-refractivity contribution is 6.26. The Labute approximate surface area is 332 Å². The number of fused-ring (bicyclic) bond motifs is 11. The van der Waals surface area contributed by atoms with Crippen LogP contribution >= 0.6 is 0 Å². The summed E-state index contributed by atoms with van der Waals surface area (Å²) in [7, 11) is 1.74. The van der Waals surface area contributed by atoms with E-state index in [2.05, 4.69) is 148 Å². The third-order valence-corrected chi connectivity index (χ3v) is 12.6. The molecular formula is C52H40N4O. The van der Waals surface area contributed by atoms with E-state index in [4.69, 9.17) is 19.7 Å². The van der Waals surface area contributed by atoms with E-state index in [0.29, 0.717) is 17.6 Å². The maximum Gasteiger partial charge on any atom is 0.238 e. The number of aromatic nitrogens is 3. The monoisotopic (exact) mass is 736 g/mol. The maximum atomic E-state index is 5.70. The largest absolute Gasteiger partial charge is 0.497 e. The highest BCUT2D eigenvalue weighted by atomic mass is 16.5. The first-order valence-electron chi connectivity index (χ1n) is 19.6. The fourth-order valence-corrected chi connectivity index (χ4v) is 9.59. The van der Waals surface area contributed by atoms with Crippen LogP contribution in [0.5, 0.6) is 5.75 Å². The Bertz CT molecular complexity index is 3060. The van der Waals surface area contributed by atoms with Crippen molar-refractivity contribution in [2.75, 3.05) is 12.0 Å². The van der Waals surface area contributed by atoms with Crippen LogP contribution in [0.25, 0.3) is 66.2 Å². The third-order valence-electron chi connectivity index (χ3n) is 12.6. The van der Waals surface area contributed by atoms with Crippen LogP contribution in [0.1, 0.15) is 49.9 Å². The average Bonchev–Trinajstić information content (AvgIpc) is 3.47. The zero-order chi connectivity index (χ0) is 38.6. The number of hydrogen-bond donors (Lipinski definition) is 0. The van der Waals surface area contributed by atoms with E-state index in [9.17, 15) is 0 Å². The van der Waals surface area contributed by atoms with Crippen LogP contribution in [0.2, 0.25) is 0 Å². The molecular weight excluding hydrogens is 697 g/mol. The van der Waals surface area contributed by atoms with Gasteiger partial charge in [0.2, 0.25) is 5.95 Å². The molecule has 1 aliphatic heterocycles. The van der Waals surface area contributed by atoms with Gasteiger partial charge in [-0.1, -0.05) is 137 Å². The van der Waals surface area contributed by atoms with Crippen molar-refractivity contribution in [1.82, 2.24) is 15.0 Å². The van der Waals surface area contributed by atoms with Crippen LogP contribution in [-0.4, -0.2) is 22.1 Å². The number of ether oxygens (including phenoxy) is 1. The lowest BCUT2D eigenvalue weighted by Gasteiger charge is -2.41. The normalized spacial score (nSPS) is 14.6. The van der Waals surface area contributed by atoms with E-state index in [1.807, 2.05) is 36.4 Å². The highest BCUT2D eigenvalue weighted by Gasteiger charge is 2.43. The summed E-state index contributed by atoms with van der Waals surface area (Å²) in [6.07, 6.45) is 0. The van der Waals surface area contributed by atoms with Gasteiger partial charge in [-0.25, -0.2) is 4.98 Å². The van der Waals surface area contributed by atoms with Gasteiger partial charge in [0, 0.05) is 22.0 Å². The van der Waals surface area contributed by atoms with Crippen molar-refractivity contribution in [2.45, 2.75) is 38.5 Å². The zero-order valence-electron chi connectivity index (χ0n) is 32.6. The number of para-hydroxylation sites is 1. The molecule has 0 unspecified atom stereocenters. The summed E-state index contributed by atoms with van der Waals surface area (Å²) < 4.78 is 5.70. The lowest BCUT2D eigenvalue weighted by molar-refractivity contribution is 0.415. The SMILES string of the molecule is COc1ccc2c(c1)c1ccccc1c1cc3c(cc21)C(C)(C)c1cc2c(cc1-3)C(C)(C)c1ccccc1N2c1nc(-c2ccccc2)nc(-c2ccccc2)n1. The standard InChI is InChI=1S/C52H40N4O/c1-51(2)42-22-14-15-23-46(42)56(50-54-48(31-16-8-6-9-17-31)53-49(55-50)32-18-10-7-11-19-32)47-30-44-41(29-45(47)51)40-27-38-35-21-13-12-20-34(35)37-26-33(57-5)24-25-36(37)39(38)28-43(40)52(44,3)4/h6-30H,1-5H3. The molecule has 274 valence electrons. The summed E-state index contributed by atoms with van der Waals surface area (Å²) in [5.74, 6) is 2.74. The van der Waals surface area contributed by atoms with Crippen molar-refractivity contribution in [3.8, 4) is 39.7 Å². The van der Waals surface area contributed by atoms with Crippen molar-refractivity contribution >= 4 is 49.6 Å². The van der Waals surface area contributed by atoms with Gasteiger partial charge in [-0.3, -0.25) is 4.90 Å². The number of nitrogens with zero attached hydrogens (tertiary/aromatic N) is 4. The van der Waals surface area contributed by atoms with E-state index < -0.39 is 0 Å². The Kier molecular flexibility index (Phi) is 7.09. The van der Waals surface area contributed by atoms with E-state index in [-0.39, 0.29) is 10.8 Å². The second-order valence-electron chi connectivity index (χ2n) is 16.4. The first-order valence-corrected chi connectivity index (χ1v) is 19.6. The summed E-state index contributed by atoms with van der Waals surface area (Å²) in [6, 6.07) is 54.3. The molecule has 0 bridgehead atoms. The Morgan fingerprint density at radius 1 is 0.421 bits per heavy atom. The molecule has 0 fully saturated rings. The first kappa shape index (κ1) is 33.5. The minimum atomic E-state index is -0.305. The summed E-state index contributed by atoms with van der Waals surface area (Å²) in [5, 5.41) is 7.45. The van der Waals surface area contributed by atoms with Gasteiger partial charge in [-0.15, -0.1) is 0 Å². The quantitative estimate of drug-likeness (QED) is 0.168. The summed E-state index contributed by atoms with van der Waals surface area (Å²) in [4.78, 5) is 17.9. The Balaban J connectivity index is 1.18. The Hall–Kier alpha value is -6.85. The zero-order valence-corrected chi connectivity index (χ0v) is 32.6. The van der Waals surface area contributed by atoms with E-state index in [1.165, 1.54) is 65.7 Å². The van der Waals surface area contributed by atoms with E-state index >= 15 is 0 Å². The number of hydrogen-bond acceptors (Lipinski definition) is 5. The number of anilines is 3. The molecule has 0 spiro atoms. The predicted octanol–water partition coefficient (Wildman–Crippen LogP) is 13.1. The molecule has 2 aliphatic rings. The molecule has 9 aromatic rings. The van der Waals surface area contributed by atoms with Crippen molar-refractivity contribution < 1.29 is 4.74 Å². The first-order chi connectivity index (χ1) is 27.7. The average molecular weight is 737 g/mol. The highest BCUT2D eigenvalue weighted by Crippen LogP contribution is 2.58. The van der Waals surface area contributed by atoms with Gasteiger partial charge in [0.25, 0.3) is 0 Å². The molecule has 2 heterocycles. The molecule has 0 saturated carbocycles. The van der Waals surface area contributed by atoms with E-state index in [1.54, 1.807) is 7.11 Å². The lowest BCUT2D eigenvalue weighted by Crippen LogP contribution is -2.32. The van der Waals surface area contributed by atoms with Crippen LogP contribution in [0.4, 0.5) is 17.3 Å². The third kappa shape index (κ3) is 4.85. The van der Waals surface area contributed by atoms with Crippen molar-refractivity contribution in [1.29, 1.82) is 0 Å². The van der Waals surface area contributed by atoms with Crippen LogP contribution in [0.3, 0.4) is 0 Å². The molecule has 8 aromatic carbocycles. The molecule has 0 atom stereocenters. The Morgan fingerprint density at radius 3 is 1.61 bits per heavy atom.